The van der Waals surface area contributed by atoms with Crippen molar-refractivity contribution in [2.45, 2.75) is 471 Å². The van der Waals surface area contributed by atoms with Crippen LogP contribution in [0.1, 0.15) is 471 Å². The van der Waals surface area contributed by atoms with Gasteiger partial charge in [-0.3, -0.25) is 14.4 Å². The van der Waals surface area contributed by atoms with Crippen LogP contribution < -0.4 is 0 Å². The first-order valence-electron chi connectivity index (χ1n) is 37.4. The standard InChI is InChI=1S/C19H38O.C15H30O.2C11H22O.C8H18O.C7H14O.C4H10O.C3H6O.6CH4/c1-5-9-11-17(7-3)13-15-19(20)16-14-18(8-4)12-10-6-2;1-4-7-9-11-15(16)13-12-14(6-3)10-8-5-2;1-4-6-7-11(5-2)9-8-10(3)12;1-3-5-7-9-11(12)10-8-6-4-2;1-3-5-6-8(4-2)7-9;1-3-4-5-6-7(2)8;1-2-3-4-5;1-3(2)4;;;;;;/h17-18H,5-16H2,1-4H3;14H,4-13H2,1-3H3;11H,4-9H2,1-3H3;3-10H2,1-2H3;8-9H,3-7H2,1-2H3;3-6H2,1-2H3;5H,2-4H2,1H3;1-2H3;6*1H4. The van der Waals surface area contributed by atoms with E-state index in [2.05, 4.69) is 104 Å². The molecule has 0 saturated carbocycles. The minimum atomic E-state index is 0. The first-order chi connectivity index (χ1) is 41.2. The molecule has 0 heterocycles. The van der Waals surface area contributed by atoms with E-state index in [0.717, 1.165) is 146 Å². The average molecular weight is 1320 g/mol. The predicted octanol–water partition coefficient (Wildman–Crippen LogP) is 28.5. The summed E-state index contributed by atoms with van der Waals surface area (Å²) in [5.74, 6) is 5.98. The zero-order valence-electron chi connectivity index (χ0n) is 62.2. The number of aliphatic hydroxyl groups excluding tert-OH is 2. The zero-order valence-corrected chi connectivity index (χ0v) is 62.2. The van der Waals surface area contributed by atoms with Gasteiger partial charge in [0, 0.05) is 64.6 Å². The van der Waals surface area contributed by atoms with Crippen molar-refractivity contribution in [1.29, 1.82) is 0 Å². The quantitative estimate of drug-likeness (QED) is 0.0573. The molecule has 0 rings (SSSR count). The van der Waals surface area contributed by atoms with Crippen molar-refractivity contribution in [3.63, 3.8) is 0 Å². The van der Waals surface area contributed by atoms with Gasteiger partial charge in [0.2, 0.25) is 0 Å². The average Bonchev–Trinajstić information content (AvgIpc) is 3.72. The van der Waals surface area contributed by atoms with Crippen LogP contribution in [0.5, 0.6) is 0 Å². The Balaban J connectivity index is -0.0000000647. The van der Waals surface area contributed by atoms with E-state index in [1.165, 1.54) is 187 Å². The van der Waals surface area contributed by atoms with Crippen LogP contribution in [0, 0.1) is 29.6 Å². The van der Waals surface area contributed by atoms with Crippen LogP contribution in [0.15, 0.2) is 0 Å². The van der Waals surface area contributed by atoms with Crippen molar-refractivity contribution >= 4 is 34.7 Å². The van der Waals surface area contributed by atoms with Crippen molar-refractivity contribution in [3.8, 4) is 0 Å². The van der Waals surface area contributed by atoms with E-state index in [1.54, 1.807) is 13.8 Å². The molecule has 0 fully saturated rings. The topological polar surface area (TPSA) is 143 Å². The summed E-state index contributed by atoms with van der Waals surface area (Å²) < 4.78 is 0. The summed E-state index contributed by atoms with van der Waals surface area (Å²) in [5, 5.41) is 16.8. The van der Waals surface area contributed by atoms with Crippen LogP contribution >= 0.6 is 0 Å². The van der Waals surface area contributed by atoms with Gasteiger partial charge in [-0.25, -0.2) is 0 Å². The van der Waals surface area contributed by atoms with Crippen molar-refractivity contribution in [1.82, 2.24) is 0 Å². The van der Waals surface area contributed by atoms with Gasteiger partial charge >= 0.3 is 0 Å². The largest absolute Gasteiger partial charge is 0.396 e. The molecule has 0 spiro atoms. The third-order valence-corrected chi connectivity index (χ3v) is 16.2. The van der Waals surface area contributed by atoms with Crippen molar-refractivity contribution in [3.05, 3.63) is 0 Å². The lowest BCUT2D eigenvalue weighted by molar-refractivity contribution is -0.120. The first-order valence-corrected chi connectivity index (χ1v) is 37.4. The molecule has 5 atom stereocenters. The molecule has 0 aromatic heterocycles. The first kappa shape index (κ1) is 123. The summed E-state index contributed by atoms with van der Waals surface area (Å²) in [6.07, 6.45) is 52.4. The normalized spacial score (nSPS) is 11.2. The van der Waals surface area contributed by atoms with E-state index >= 15 is 0 Å². The molecule has 0 saturated heterocycles. The van der Waals surface area contributed by atoms with Crippen LogP contribution in [0.2, 0.25) is 0 Å². The summed E-state index contributed by atoms with van der Waals surface area (Å²) in [7, 11) is 0. The van der Waals surface area contributed by atoms with E-state index in [9.17, 15) is 28.8 Å². The Kier molecular flexibility index (Phi) is 148. The van der Waals surface area contributed by atoms with Gasteiger partial charge in [0.15, 0.2) is 0 Å². The fourth-order valence-electron chi connectivity index (χ4n) is 9.48. The minimum Gasteiger partial charge on any atom is -0.396 e. The molecule has 0 aliphatic heterocycles. The maximum Gasteiger partial charge on any atom is 0.132 e. The molecule has 0 aromatic carbocycles. The van der Waals surface area contributed by atoms with E-state index in [-0.39, 0.29) is 50.3 Å². The number of rotatable bonds is 51. The minimum absolute atomic E-state index is 0. The Morgan fingerprint density at radius 1 is 0.239 bits per heavy atom. The molecule has 8 heteroatoms. The van der Waals surface area contributed by atoms with Crippen LogP contribution in [0.4, 0.5) is 0 Å². The van der Waals surface area contributed by atoms with Gasteiger partial charge in [-0.15, -0.1) is 0 Å². The van der Waals surface area contributed by atoms with Crippen LogP contribution in [0.3, 0.4) is 0 Å². The highest BCUT2D eigenvalue weighted by Crippen LogP contribution is 2.23. The lowest BCUT2D eigenvalue weighted by Crippen LogP contribution is -2.07. The van der Waals surface area contributed by atoms with Crippen LogP contribution in [-0.4, -0.2) is 58.1 Å². The highest BCUT2D eigenvalue weighted by molar-refractivity contribution is 5.79. The van der Waals surface area contributed by atoms with Gasteiger partial charge in [0.05, 0.1) is 0 Å². The molecule has 0 aromatic rings. The Hall–Kier alpha value is -2.06. The van der Waals surface area contributed by atoms with Crippen molar-refractivity contribution in [2.75, 3.05) is 13.2 Å². The summed E-state index contributed by atoms with van der Waals surface area (Å²) >= 11 is 0. The molecular formula is C84H184O8. The molecule has 0 bridgehead atoms. The Labute approximate surface area is 585 Å². The highest BCUT2D eigenvalue weighted by atomic mass is 16.3. The molecule has 0 radical (unpaired) electrons. The van der Waals surface area contributed by atoms with E-state index in [1.807, 2.05) is 0 Å². The number of aliphatic hydroxyl groups is 2. The number of hydrogen-bond acceptors (Lipinski definition) is 8. The van der Waals surface area contributed by atoms with Gasteiger partial charge in [0.25, 0.3) is 0 Å². The van der Waals surface area contributed by atoms with Gasteiger partial charge in [0.1, 0.15) is 34.7 Å². The number of carbonyl (C=O) groups excluding carboxylic acids is 6. The van der Waals surface area contributed by atoms with Crippen LogP contribution in [0.25, 0.3) is 0 Å². The third-order valence-electron chi connectivity index (χ3n) is 16.2. The van der Waals surface area contributed by atoms with Gasteiger partial charge < -0.3 is 24.6 Å². The van der Waals surface area contributed by atoms with Crippen LogP contribution in [-0.2, 0) is 28.8 Å². The maximum absolute atomic E-state index is 12.0. The summed E-state index contributed by atoms with van der Waals surface area (Å²) in [6.45, 7) is 40.1. The number of hydrogen-bond donors (Lipinski definition) is 2. The molecule has 0 aliphatic carbocycles. The monoisotopic (exact) mass is 1320 g/mol. The summed E-state index contributed by atoms with van der Waals surface area (Å²) in [4.78, 5) is 65.3. The number of ketones is 6. The SMILES string of the molecule is C.C.C.C.C.C.CC(C)=O.CCCCC(CC)CCC(=O)CCC(CC)CCCC.CCCCC(CC)CCC(C)=O.CCCCC(CC)CO.CCCCCC(=O)CCC(CC)CCCC.CCCCCC(=O)CCCCC.CCCCCC(C)=O.CCCCO. The lowest BCUT2D eigenvalue weighted by Gasteiger charge is -2.15. The third kappa shape index (κ3) is 128. The van der Waals surface area contributed by atoms with E-state index < -0.39 is 0 Å². The Bertz CT molecular complexity index is 1280. The predicted molar refractivity (Wildman–Crippen MR) is 422 cm³/mol. The smallest absolute Gasteiger partial charge is 0.132 e. The molecule has 92 heavy (non-hydrogen) atoms. The summed E-state index contributed by atoms with van der Waals surface area (Å²) in [5.41, 5.74) is 0. The zero-order chi connectivity index (χ0) is 67.3. The van der Waals surface area contributed by atoms with Crippen molar-refractivity contribution < 1.29 is 39.0 Å². The van der Waals surface area contributed by atoms with Gasteiger partial charge in [-0.2, -0.15) is 0 Å². The number of Topliss-reactive ketones (excluding diaryl/α,β-unsaturated/α-hetero) is 6. The molecule has 2 N–H and O–H groups in total. The molecule has 5 unspecified atom stereocenters. The second kappa shape index (κ2) is 110. The fraction of sp³-hybridized carbons (Fsp3) is 0.929. The van der Waals surface area contributed by atoms with Crippen molar-refractivity contribution in [2.24, 2.45) is 29.6 Å². The van der Waals surface area contributed by atoms with Gasteiger partial charge in [-0.05, 0) is 121 Å². The second-order valence-corrected chi connectivity index (χ2v) is 25.3. The lowest BCUT2D eigenvalue weighted by atomic mass is 9.90. The maximum atomic E-state index is 12.0. The molecule has 0 aliphatic rings. The fourth-order valence-corrected chi connectivity index (χ4v) is 9.48. The molecule has 8 nitrogen and oxygen atoms in total. The second-order valence-electron chi connectivity index (χ2n) is 25.3. The highest BCUT2D eigenvalue weighted by Gasteiger charge is 2.13. The molecular weight excluding hydrogens is 1140 g/mol. The Morgan fingerprint density at radius 3 is 0.620 bits per heavy atom. The molecule has 568 valence electrons. The van der Waals surface area contributed by atoms with Gasteiger partial charge in [-0.1, -0.05) is 328 Å². The van der Waals surface area contributed by atoms with E-state index in [0.29, 0.717) is 48.0 Å². The Morgan fingerprint density at radius 2 is 0.435 bits per heavy atom. The number of carbonyl (C=O) groups is 6. The summed E-state index contributed by atoms with van der Waals surface area (Å²) in [6, 6.07) is 0. The number of unbranched alkanes of at least 4 members (excludes halogenated alkanes) is 14. The molecule has 0 amide bonds. The van der Waals surface area contributed by atoms with E-state index in [4.69, 9.17) is 10.2 Å².